The summed E-state index contributed by atoms with van der Waals surface area (Å²) in [7, 11) is 1.90. The number of methoxy groups -OCH3 is 1. The van der Waals surface area contributed by atoms with E-state index in [1.807, 2.05) is 0 Å². The third-order valence-electron chi connectivity index (χ3n) is 3.11. The summed E-state index contributed by atoms with van der Waals surface area (Å²) in [6.07, 6.45) is 4.86. The van der Waals surface area contributed by atoms with Crippen molar-refractivity contribution in [3.05, 3.63) is 28.8 Å². The van der Waals surface area contributed by atoms with E-state index in [1.54, 1.807) is 25.3 Å². The molecular weight excluding hydrogens is 255 g/mol. The zero-order valence-electron chi connectivity index (χ0n) is 9.83. The number of hydrogen-bond donors (Lipinski definition) is 0. The van der Waals surface area contributed by atoms with Crippen molar-refractivity contribution in [3.8, 4) is 5.75 Å². The van der Waals surface area contributed by atoms with Crippen molar-refractivity contribution in [3.63, 3.8) is 0 Å². The van der Waals surface area contributed by atoms with Crippen LogP contribution in [0.5, 0.6) is 5.75 Å². The van der Waals surface area contributed by atoms with Gasteiger partial charge in [0, 0.05) is 0 Å². The first-order valence-electron chi connectivity index (χ1n) is 5.85. The van der Waals surface area contributed by atoms with E-state index in [2.05, 4.69) is 0 Å². The summed E-state index contributed by atoms with van der Waals surface area (Å²) in [6.45, 7) is 0. The average molecular weight is 271 g/mol. The van der Waals surface area contributed by atoms with Crippen LogP contribution in [0.4, 0.5) is 0 Å². The molecule has 1 aromatic rings. The highest BCUT2D eigenvalue weighted by molar-refractivity contribution is 7.59. The van der Waals surface area contributed by atoms with Gasteiger partial charge in [-0.15, -0.1) is 0 Å². The van der Waals surface area contributed by atoms with Crippen LogP contribution in [0.2, 0.25) is 5.02 Å². The van der Waals surface area contributed by atoms with E-state index in [9.17, 15) is 4.79 Å². The Bertz CT molecular complexity index is 414. The maximum atomic E-state index is 12.2. The van der Waals surface area contributed by atoms with Crippen molar-refractivity contribution < 1.29 is 9.53 Å². The lowest BCUT2D eigenvalue weighted by atomic mass is 10.2. The maximum Gasteiger partial charge on any atom is 0.186 e. The second-order valence-electron chi connectivity index (χ2n) is 4.27. The Labute approximate surface area is 108 Å². The Balaban J connectivity index is 2.17. The molecule has 92 valence electrons. The zero-order chi connectivity index (χ0) is 12.3. The van der Waals surface area contributed by atoms with Crippen LogP contribution in [-0.2, 0) is 0 Å². The van der Waals surface area contributed by atoms with Gasteiger partial charge < -0.3 is 4.74 Å². The fraction of sp³-hybridized carbons (Fsp3) is 0.462. The summed E-state index contributed by atoms with van der Waals surface area (Å²) in [5, 5.41) is 0.500. The number of ether oxygens (including phenoxy) is 1. The third kappa shape index (κ3) is 3.00. The number of hydrogen-bond acceptors (Lipinski definition) is 2. The molecule has 1 fully saturated rings. The largest absolute Gasteiger partial charge is 0.496 e. The molecule has 2 rings (SSSR count). The second kappa shape index (κ2) is 5.84. The Kier molecular flexibility index (Phi) is 4.42. The molecule has 0 bridgehead atoms. The van der Waals surface area contributed by atoms with Gasteiger partial charge in [-0.05, 0) is 39.2 Å². The van der Waals surface area contributed by atoms with Crippen LogP contribution in [-0.4, -0.2) is 18.3 Å². The van der Waals surface area contributed by atoms with Crippen LogP contribution in [0.15, 0.2) is 18.2 Å². The van der Waals surface area contributed by atoms with E-state index in [0.717, 1.165) is 0 Å². The lowest BCUT2D eigenvalue weighted by Gasteiger charge is -2.12. The first kappa shape index (κ1) is 12.9. The lowest BCUT2D eigenvalue weighted by Crippen LogP contribution is -2.02. The third-order valence-corrected chi connectivity index (χ3v) is 4.93. The van der Waals surface area contributed by atoms with Crippen molar-refractivity contribution in [1.29, 1.82) is 0 Å². The summed E-state index contributed by atoms with van der Waals surface area (Å²) in [6, 6.07) is 5.34. The summed E-state index contributed by atoms with van der Waals surface area (Å²) >= 11 is 6.09. The average Bonchev–Trinajstić information content (AvgIpc) is 2.81. The SMILES string of the molecule is COc1cccc(Cl)c1C(=O)PC1CCCC1. The minimum Gasteiger partial charge on any atom is -0.496 e. The van der Waals surface area contributed by atoms with Crippen molar-refractivity contribution in [2.24, 2.45) is 0 Å². The highest BCUT2D eigenvalue weighted by atomic mass is 35.5. The van der Waals surface area contributed by atoms with Gasteiger partial charge in [-0.1, -0.05) is 30.5 Å². The van der Waals surface area contributed by atoms with Crippen molar-refractivity contribution in [2.75, 3.05) is 7.11 Å². The quantitative estimate of drug-likeness (QED) is 0.770. The minimum absolute atomic E-state index is 0.138. The molecule has 0 saturated heterocycles. The van der Waals surface area contributed by atoms with E-state index >= 15 is 0 Å². The van der Waals surface area contributed by atoms with Gasteiger partial charge in [0.15, 0.2) is 5.52 Å². The highest BCUT2D eigenvalue weighted by Gasteiger charge is 2.22. The summed E-state index contributed by atoms with van der Waals surface area (Å²) in [4.78, 5) is 12.2. The molecule has 1 saturated carbocycles. The van der Waals surface area contributed by atoms with E-state index in [-0.39, 0.29) is 5.52 Å². The van der Waals surface area contributed by atoms with Crippen LogP contribution in [0.3, 0.4) is 0 Å². The molecule has 1 atom stereocenters. The molecule has 1 aliphatic rings. The minimum atomic E-state index is 0.138. The van der Waals surface area contributed by atoms with E-state index in [1.165, 1.54) is 25.7 Å². The number of benzene rings is 1. The molecule has 0 radical (unpaired) electrons. The molecule has 0 aliphatic heterocycles. The van der Waals surface area contributed by atoms with Crippen LogP contribution in [0, 0.1) is 0 Å². The standard InChI is InChI=1S/C13H16ClO2P/c1-16-11-8-4-7-10(14)12(11)13(15)17-9-5-2-3-6-9/h4,7-9,17H,2-3,5-6H2,1H3. The topological polar surface area (TPSA) is 26.3 Å². The summed E-state index contributed by atoms with van der Waals surface area (Å²) in [5.41, 5.74) is 1.25. The van der Waals surface area contributed by atoms with Crippen molar-refractivity contribution in [1.82, 2.24) is 0 Å². The van der Waals surface area contributed by atoms with Gasteiger partial charge in [0.25, 0.3) is 0 Å². The van der Waals surface area contributed by atoms with Crippen LogP contribution < -0.4 is 4.74 Å². The number of halogens is 1. The van der Waals surface area contributed by atoms with E-state index in [4.69, 9.17) is 16.3 Å². The molecule has 4 heteroatoms. The molecule has 1 aromatic carbocycles. The summed E-state index contributed by atoms with van der Waals surface area (Å²) < 4.78 is 5.21. The zero-order valence-corrected chi connectivity index (χ0v) is 11.6. The van der Waals surface area contributed by atoms with Gasteiger partial charge in [0.2, 0.25) is 0 Å². The van der Waals surface area contributed by atoms with Crippen molar-refractivity contribution in [2.45, 2.75) is 31.3 Å². The molecule has 1 aliphatic carbocycles. The second-order valence-corrected chi connectivity index (χ2v) is 6.24. The Morgan fingerprint density at radius 1 is 1.41 bits per heavy atom. The fourth-order valence-electron chi connectivity index (χ4n) is 2.22. The molecule has 0 spiro atoms. The number of rotatable bonds is 4. The lowest BCUT2D eigenvalue weighted by molar-refractivity contribution is 0.108. The Morgan fingerprint density at radius 3 is 2.76 bits per heavy atom. The van der Waals surface area contributed by atoms with Crippen LogP contribution in [0.1, 0.15) is 36.0 Å². The smallest absolute Gasteiger partial charge is 0.186 e. The monoisotopic (exact) mass is 270 g/mol. The molecule has 2 nitrogen and oxygen atoms in total. The summed E-state index contributed by atoms with van der Waals surface area (Å²) in [5.74, 6) is 0.591. The number of carbonyl (C=O) groups excluding carboxylic acids is 1. The molecular formula is C13H16ClO2P. The molecule has 0 N–H and O–H groups in total. The van der Waals surface area contributed by atoms with Gasteiger partial charge in [-0.2, -0.15) is 0 Å². The predicted octanol–water partition coefficient (Wildman–Crippen LogP) is 4.11. The van der Waals surface area contributed by atoms with Gasteiger partial charge in [0.05, 0.1) is 17.7 Å². The van der Waals surface area contributed by atoms with Gasteiger partial charge in [-0.3, -0.25) is 4.79 Å². The number of carbonyl (C=O) groups is 1. The Hall–Kier alpha value is -0.590. The first-order chi connectivity index (χ1) is 8.22. The Morgan fingerprint density at radius 2 is 2.12 bits per heavy atom. The molecule has 1 unspecified atom stereocenters. The fourth-order valence-corrected chi connectivity index (χ4v) is 4.02. The molecule has 0 aromatic heterocycles. The highest BCUT2D eigenvalue weighted by Crippen LogP contribution is 2.40. The van der Waals surface area contributed by atoms with Gasteiger partial charge in [0.1, 0.15) is 5.75 Å². The molecule has 0 amide bonds. The first-order valence-corrected chi connectivity index (χ1v) is 7.31. The molecule has 0 heterocycles. The van der Waals surface area contributed by atoms with Crippen LogP contribution >= 0.6 is 20.2 Å². The van der Waals surface area contributed by atoms with Gasteiger partial charge in [-0.25, -0.2) is 0 Å². The van der Waals surface area contributed by atoms with E-state index < -0.39 is 0 Å². The predicted molar refractivity (Wildman–Crippen MR) is 72.9 cm³/mol. The van der Waals surface area contributed by atoms with E-state index in [0.29, 0.717) is 30.6 Å². The molecule has 17 heavy (non-hydrogen) atoms. The van der Waals surface area contributed by atoms with Crippen LogP contribution in [0.25, 0.3) is 0 Å². The maximum absolute atomic E-state index is 12.2. The normalized spacial score (nSPS) is 16.8. The van der Waals surface area contributed by atoms with Gasteiger partial charge >= 0.3 is 0 Å². The van der Waals surface area contributed by atoms with Crippen molar-refractivity contribution >= 4 is 25.7 Å².